The highest BCUT2D eigenvalue weighted by Crippen LogP contribution is 2.34. The van der Waals surface area contributed by atoms with Crippen LogP contribution < -0.4 is 5.73 Å². The number of carbonyl (C=O) groups excluding carboxylic acids is 2. The van der Waals surface area contributed by atoms with Crippen LogP contribution in [-0.2, 0) is 14.3 Å². The summed E-state index contributed by atoms with van der Waals surface area (Å²) >= 11 is 17.4. The first-order valence-electron chi connectivity index (χ1n) is 6.67. The third-order valence-corrected chi connectivity index (χ3v) is 4.32. The lowest BCUT2D eigenvalue weighted by Crippen LogP contribution is -2.46. The minimum atomic E-state index is -0.907. The van der Waals surface area contributed by atoms with Crippen molar-refractivity contribution in [3.63, 3.8) is 0 Å². The smallest absolute Gasteiger partial charge is 0.359 e. The average molecular weight is 383 g/mol. The number of ether oxygens (including phenoxy) is 2. The van der Waals surface area contributed by atoms with Crippen LogP contribution in [0.4, 0.5) is 5.69 Å². The highest BCUT2D eigenvalue weighted by molar-refractivity contribution is 6.46. The minimum absolute atomic E-state index is 0.0494. The van der Waals surface area contributed by atoms with Gasteiger partial charge in [0, 0.05) is 13.1 Å². The van der Waals surface area contributed by atoms with Gasteiger partial charge in [0.2, 0.25) is 0 Å². The summed E-state index contributed by atoms with van der Waals surface area (Å²) in [5.41, 5.74) is 5.26. The van der Waals surface area contributed by atoms with E-state index in [2.05, 4.69) is 4.98 Å². The van der Waals surface area contributed by atoms with Crippen LogP contribution in [0.5, 0.6) is 0 Å². The Balaban J connectivity index is 2.01. The molecule has 23 heavy (non-hydrogen) atoms. The van der Waals surface area contributed by atoms with Crippen molar-refractivity contribution in [3.05, 3.63) is 20.9 Å². The summed E-state index contributed by atoms with van der Waals surface area (Å²) in [6.45, 7) is 2.74. The van der Waals surface area contributed by atoms with Gasteiger partial charge in [0.1, 0.15) is 5.02 Å². The number of amides is 1. The Hall–Kier alpha value is -1.28. The van der Waals surface area contributed by atoms with E-state index in [0.29, 0.717) is 19.7 Å². The van der Waals surface area contributed by atoms with Gasteiger partial charge in [-0.3, -0.25) is 4.79 Å². The lowest BCUT2D eigenvalue weighted by Gasteiger charge is -2.30. The molecule has 2 heterocycles. The summed E-state index contributed by atoms with van der Waals surface area (Å²) in [6, 6.07) is 0. The van der Waals surface area contributed by atoms with Gasteiger partial charge in [-0.2, -0.15) is 0 Å². The van der Waals surface area contributed by atoms with Crippen molar-refractivity contribution < 1.29 is 19.1 Å². The molecule has 1 aliphatic rings. The first-order valence-corrected chi connectivity index (χ1v) is 7.81. The Morgan fingerprint density at radius 1 is 1.39 bits per heavy atom. The number of nitrogens with zero attached hydrogens (tertiary/aromatic N) is 2. The molecule has 1 unspecified atom stereocenters. The van der Waals surface area contributed by atoms with Gasteiger partial charge >= 0.3 is 5.97 Å². The molecule has 0 saturated carbocycles. The highest BCUT2D eigenvalue weighted by atomic mass is 35.5. The van der Waals surface area contributed by atoms with E-state index in [1.807, 2.05) is 6.92 Å². The van der Waals surface area contributed by atoms with Crippen molar-refractivity contribution in [1.82, 2.24) is 9.88 Å². The van der Waals surface area contributed by atoms with Gasteiger partial charge in [-0.1, -0.05) is 34.8 Å². The second-order valence-corrected chi connectivity index (χ2v) is 6.00. The van der Waals surface area contributed by atoms with Crippen LogP contribution in [0.1, 0.15) is 17.4 Å². The number of hydrogen-bond acceptors (Lipinski definition) is 6. The summed E-state index contributed by atoms with van der Waals surface area (Å²) in [6.07, 6.45) is -0.0608. The van der Waals surface area contributed by atoms with E-state index in [1.165, 1.54) is 0 Å². The molecule has 0 radical (unpaired) electrons. The average Bonchev–Trinajstić information content (AvgIpc) is 2.53. The molecule has 1 fully saturated rings. The Bertz CT molecular complexity index is 641. The van der Waals surface area contributed by atoms with Crippen molar-refractivity contribution in [3.8, 4) is 0 Å². The lowest BCUT2D eigenvalue weighted by atomic mass is 10.3. The number of anilines is 1. The molecule has 1 aliphatic heterocycles. The van der Waals surface area contributed by atoms with Crippen molar-refractivity contribution >= 4 is 52.4 Å². The molecule has 1 aromatic rings. The van der Waals surface area contributed by atoms with Crippen LogP contribution in [0.15, 0.2) is 0 Å². The fourth-order valence-electron chi connectivity index (χ4n) is 2.00. The number of pyridine rings is 1. The maximum atomic E-state index is 12.0. The Morgan fingerprint density at radius 3 is 2.74 bits per heavy atom. The fraction of sp³-hybridized carbons (Fsp3) is 0.462. The van der Waals surface area contributed by atoms with Crippen LogP contribution in [0.25, 0.3) is 0 Å². The molecule has 2 N–H and O–H groups in total. The second-order valence-electron chi connectivity index (χ2n) is 4.89. The third kappa shape index (κ3) is 4.17. The van der Waals surface area contributed by atoms with Crippen LogP contribution in [-0.4, -0.2) is 54.2 Å². The predicted molar refractivity (Wildman–Crippen MR) is 86.0 cm³/mol. The minimum Gasteiger partial charge on any atom is -0.451 e. The Morgan fingerprint density at radius 2 is 2.09 bits per heavy atom. The van der Waals surface area contributed by atoms with Crippen LogP contribution in [0, 0.1) is 0 Å². The number of aromatic nitrogens is 1. The van der Waals surface area contributed by atoms with E-state index in [4.69, 9.17) is 50.0 Å². The molecule has 10 heteroatoms. The zero-order valence-corrected chi connectivity index (χ0v) is 14.4. The van der Waals surface area contributed by atoms with E-state index < -0.39 is 12.6 Å². The number of carbonyl (C=O) groups is 2. The van der Waals surface area contributed by atoms with Gasteiger partial charge < -0.3 is 20.1 Å². The number of nitrogen functional groups attached to an aromatic ring is 1. The van der Waals surface area contributed by atoms with E-state index in [9.17, 15) is 9.59 Å². The third-order valence-electron chi connectivity index (χ3n) is 3.19. The number of esters is 1. The van der Waals surface area contributed by atoms with Gasteiger partial charge in [0.25, 0.3) is 5.91 Å². The fourth-order valence-corrected chi connectivity index (χ4v) is 2.58. The molecule has 0 aromatic carbocycles. The van der Waals surface area contributed by atoms with E-state index in [1.54, 1.807) is 4.90 Å². The molecule has 2 rings (SSSR count). The largest absolute Gasteiger partial charge is 0.451 e. The number of morpholine rings is 1. The lowest BCUT2D eigenvalue weighted by molar-refractivity contribution is -0.141. The summed E-state index contributed by atoms with van der Waals surface area (Å²) in [4.78, 5) is 29.3. The van der Waals surface area contributed by atoms with Gasteiger partial charge in [0.05, 0.1) is 23.4 Å². The van der Waals surface area contributed by atoms with E-state index in [-0.39, 0.29) is 38.6 Å². The molecule has 1 saturated heterocycles. The topological polar surface area (TPSA) is 94.8 Å². The van der Waals surface area contributed by atoms with Crippen LogP contribution in [0.2, 0.25) is 15.2 Å². The summed E-state index contributed by atoms with van der Waals surface area (Å²) in [7, 11) is 0. The molecule has 126 valence electrons. The molecule has 1 atom stereocenters. The summed E-state index contributed by atoms with van der Waals surface area (Å²) < 4.78 is 10.3. The Labute approximate surface area is 147 Å². The molecular formula is C13H14Cl3N3O4. The second kappa shape index (κ2) is 7.53. The molecule has 1 amide bonds. The number of rotatable bonds is 3. The zero-order valence-electron chi connectivity index (χ0n) is 12.1. The molecule has 1 aromatic heterocycles. The predicted octanol–water partition coefficient (Wildman–Crippen LogP) is 2.03. The first kappa shape index (κ1) is 18.1. The maximum absolute atomic E-state index is 12.0. The Kier molecular flexibility index (Phi) is 5.91. The summed E-state index contributed by atoms with van der Waals surface area (Å²) in [5, 5.41) is -0.391. The zero-order chi connectivity index (χ0) is 17.1. The molecule has 7 nitrogen and oxygen atoms in total. The van der Waals surface area contributed by atoms with Gasteiger partial charge in [-0.15, -0.1) is 0 Å². The molecule has 0 bridgehead atoms. The van der Waals surface area contributed by atoms with Gasteiger partial charge in [0.15, 0.2) is 17.5 Å². The van der Waals surface area contributed by atoms with Crippen molar-refractivity contribution in [2.45, 2.75) is 13.0 Å². The van der Waals surface area contributed by atoms with Crippen LogP contribution >= 0.6 is 34.8 Å². The van der Waals surface area contributed by atoms with Crippen molar-refractivity contribution in [2.24, 2.45) is 0 Å². The maximum Gasteiger partial charge on any atom is 0.359 e. The SMILES string of the molecule is CC1CN(C(=O)COC(=O)c2nc(Cl)c(Cl)c(N)c2Cl)CCO1. The van der Waals surface area contributed by atoms with E-state index in [0.717, 1.165) is 0 Å². The molecule has 0 spiro atoms. The highest BCUT2D eigenvalue weighted by Gasteiger charge is 2.25. The number of nitrogens with two attached hydrogens (primary N) is 1. The quantitative estimate of drug-likeness (QED) is 0.635. The van der Waals surface area contributed by atoms with E-state index >= 15 is 0 Å². The number of halogens is 3. The van der Waals surface area contributed by atoms with Gasteiger partial charge in [-0.05, 0) is 6.92 Å². The van der Waals surface area contributed by atoms with Gasteiger partial charge in [-0.25, -0.2) is 9.78 Å². The van der Waals surface area contributed by atoms with Crippen LogP contribution in [0.3, 0.4) is 0 Å². The summed E-state index contributed by atoms with van der Waals surface area (Å²) in [5.74, 6) is -1.24. The van der Waals surface area contributed by atoms with Crippen molar-refractivity contribution in [1.29, 1.82) is 0 Å². The normalized spacial score (nSPS) is 17.9. The molecular weight excluding hydrogens is 369 g/mol. The first-order chi connectivity index (χ1) is 10.8. The number of hydrogen-bond donors (Lipinski definition) is 1. The standard InChI is InChI=1S/C13H14Cl3N3O4/c1-6-4-19(2-3-22-6)7(20)5-23-13(21)11-8(14)10(17)9(15)12(16)18-11/h6H,2-5H2,1H3,(H2,17,18). The molecule has 0 aliphatic carbocycles. The monoisotopic (exact) mass is 381 g/mol. The van der Waals surface area contributed by atoms with Crippen molar-refractivity contribution in [2.75, 3.05) is 32.0 Å².